The van der Waals surface area contributed by atoms with E-state index in [4.69, 9.17) is 14.7 Å². The minimum atomic E-state index is -4.63. The Kier molecular flexibility index (Phi) is 5.46. The van der Waals surface area contributed by atoms with E-state index >= 15 is 0 Å². The first-order valence-corrected chi connectivity index (χ1v) is 8.63. The molecule has 9 heteroatoms. The number of cyclic esters (lactones) is 1. The molecule has 3 rings (SSSR count). The number of nitriles is 1. The third-order valence-electron chi connectivity index (χ3n) is 4.38. The number of benzene rings is 2. The van der Waals surface area contributed by atoms with Crippen LogP contribution in [-0.2, 0) is 28.5 Å². The highest BCUT2D eigenvalue weighted by atomic mass is 19.4. The van der Waals surface area contributed by atoms with Crippen molar-refractivity contribution in [1.82, 2.24) is 5.32 Å². The summed E-state index contributed by atoms with van der Waals surface area (Å²) < 4.78 is 49.2. The molecule has 1 aliphatic heterocycles. The molecule has 0 aromatic heterocycles. The second-order valence-corrected chi connectivity index (χ2v) is 6.29. The first-order valence-electron chi connectivity index (χ1n) is 8.63. The summed E-state index contributed by atoms with van der Waals surface area (Å²) in [7, 11) is 0. The van der Waals surface area contributed by atoms with E-state index in [1.54, 1.807) is 18.2 Å². The topological polar surface area (TPSA) is 88.4 Å². The van der Waals surface area contributed by atoms with Gasteiger partial charge >= 0.3 is 12.3 Å². The van der Waals surface area contributed by atoms with Gasteiger partial charge in [0.2, 0.25) is 0 Å². The molecule has 1 fully saturated rings. The normalized spacial score (nSPS) is 16.2. The lowest BCUT2D eigenvalue weighted by molar-refractivity contribution is -0.137. The van der Waals surface area contributed by atoms with E-state index in [1.807, 2.05) is 6.92 Å². The van der Waals surface area contributed by atoms with Crippen LogP contribution in [0.5, 0.6) is 11.5 Å². The number of nitrogens with zero attached hydrogens (tertiary/aromatic N) is 1. The Balaban J connectivity index is 1.81. The summed E-state index contributed by atoms with van der Waals surface area (Å²) in [6.45, 7) is 1.88. The largest absolute Gasteiger partial charge is 0.457 e. The van der Waals surface area contributed by atoms with E-state index in [1.165, 1.54) is 6.07 Å². The highest BCUT2D eigenvalue weighted by molar-refractivity contribution is 6.00. The number of alkyl carbamates (subject to hydrolysis) is 1. The highest BCUT2D eigenvalue weighted by Gasteiger charge is 2.34. The molecule has 1 aliphatic rings. The molecule has 0 bridgehead atoms. The van der Waals surface area contributed by atoms with Crippen LogP contribution in [0.15, 0.2) is 36.4 Å². The fourth-order valence-corrected chi connectivity index (χ4v) is 2.98. The van der Waals surface area contributed by atoms with E-state index in [2.05, 4.69) is 5.32 Å². The number of halogens is 3. The second kappa shape index (κ2) is 7.83. The molecule has 1 N–H and O–H groups in total. The predicted octanol–water partition coefficient (Wildman–Crippen LogP) is 4.11. The van der Waals surface area contributed by atoms with E-state index in [0.29, 0.717) is 12.2 Å². The van der Waals surface area contributed by atoms with E-state index < -0.39 is 35.4 Å². The standard InChI is InChI=1S/C20H15F3N2O4/c1-2-11-7-14(4-3-12(11)9-17-18(26)25-19(27)29-17)28-15-5-6-16(20(21,22)23)13(8-15)10-24/h3-8,17H,2,9H2,1H3,(H,25,26,27). The minimum Gasteiger partial charge on any atom is -0.457 e. The molecular weight excluding hydrogens is 389 g/mol. The van der Waals surface area contributed by atoms with Gasteiger partial charge in [0, 0.05) is 6.42 Å². The maximum atomic E-state index is 12.9. The zero-order chi connectivity index (χ0) is 21.2. The summed E-state index contributed by atoms with van der Waals surface area (Å²) in [5.41, 5.74) is 0.0447. The summed E-state index contributed by atoms with van der Waals surface area (Å²) in [5.74, 6) is -0.0539. The van der Waals surface area contributed by atoms with Crippen molar-refractivity contribution in [2.75, 3.05) is 0 Å². The molecule has 0 radical (unpaired) electrons. The van der Waals surface area contributed by atoms with Gasteiger partial charge in [-0.05, 0) is 47.9 Å². The van der Waals surface area contributed by atoms with Crippen LogP contribution in [0.3, 0.4) is 0 Å². The van der Waals surface area contributed by atoms with Crippen LogP contribution in [0, 0.1) is 11.3 Å². The molecule has 2 aromatic rings. The Morgan fingerprint density at radius 1 is 1.14 bits per heavy atom. The number of imide groups is 1. The number of rotatable bonds is 5. The number of aryl methyl sites for hydroxylation is 1. The summed E-state index contributed by atoms with van der Waals surface area (Å²) >= 11 is 0. The zero-order valence-corrected chi connectivity index (χ0v) is 15.2. The lowest BCUT2D eigenvalue weighted by Crippen LogP contribution is -2.26. The average Bonchev–Trinajstić information content (AvgIpc) is 2.98. The Hall–Kier alpha value is -3.54. The molecule has 0 spiro atoms. The molecule has 6 nitrogen and oxygen atoms in total. The third kappa shape index (κ3) is 4.48. The molecule has 2 amide bonds. The van der Waals surface area contributed by atoms with Gasteiger partial charge in [0.25, 0.3) is 5.91 Å². The Morgan fingerprint density at radius 2 is 1.83 bits per heavy atom. The van der Waals surface area contributed by atoms with Gasteiger partial charge in [0.1, 0.15) is 11.5 Å². The van der Waals surface area contributed by atoms with E-state index in [0.717, 1.165) is 29.3 Å². The second-order valence-electron chi connectivity index (χ2n) is 6.29. The van der Waals surface area contributed by atoms with Crippen molar-refractivity contribution in [2.45, 2.75) is 32.0 Å². The van der Waals surface area contributed by atoms with Gasteiger partial charge in [-0.2, -0.15) is 18.4 Å². The van der Waals surface area contributed by atoms with Crippen molar-refractivity contribution < 1.29 is 32.2 Å². The molecule has 1 heterocycles. The van der Waals surface area contributed by atoms with Crippen molar-refractivity contribution in [1.29, 1.82) is 5.26 Å². The van der Waals surface area contributed by atoms with Gasteiger partial charge < -0.3 is 9.47 Å². The van der Waals surface area contributed by atoms with Crippen molar-refractivity contribution in [2.24, 2.45) is 0 Å². The van der Waals surface area contributed by atoms with Crippen LogP contribution < -0.4 is 10.1 Å². The van der Waals surface area contributed by atoms with Crippen molar-refractivity contribution >= 4 is 12.0 Å². The van der Waals surface area contributed by atoms with Gasteiger partial charge in [0.15, 0.2) is 6.10 Å². The van der Waals surface area contributed by atoms with Crippen molar-refractivity contribution in [3.63, 3.8) is 0 Å². The highest BCUT2D eigenvalue weighted by Crippen LogP contribution is 2.35. The van der Waals surface area contributed by atoms with Gasteiger partial charge in [-0.1, -0.05) is 13.0 Å². The quantitative estimate of drug-likeness (QED) is 0.810. The molecular formula is C20H15F3N2O4. The summed E-state index contributed by atoms with van der Waals surface area (Å²) in [5, 5.41) is 11.1. The zero-order valence-electron chi connectivity index (χ0n) is 15.2. The van der Waals surface area contributed by atoms with E-state index in [9.17, 15) is 22.8 Å². The molecule has 0 aliphatic carbocycles. The summed E-state index contributed by atoms with van der Waals surface area (Å²) in [6, 6.07) is 9.48. The number of nitrogens with one attached hydrogen (secondary N) is 1. The smallest absolute Gasteiger partial charge is 0.417 e. The Morgan fingerprint density at radius 3 is 2.41 bits per heavy atom. The first kappa shape index (κ1) is 20.2. The maximum absolute atomic E-state index is 12.9. The number of hydrogen-bond donors (Lipinski definition) is 1. The van der Waals surface area contributed by atoms with Crippen LogP contribution in [0.2, 0.25) is 0 Å². The summed E-state index contributed by atoms with van der Waals surface area (Å²) in [4.78, 5) is 22.8. The third-order valence-corrected chi connectivity index (χ3v) is 4.38. The molecule has 1 saturated heterocycles. The van der Waals surface area contributed by atoms with Crippen LogP contribution >= 0.6 is 0 Å². The predicted molar refractivity (Wildman–Crippen MR) is 94.2 cm³/mol. The number of amides is 2. The van der Waals surface area contributed by atoms with Gasteiger partial charge in [-0.25, -0.2) is 4.79 Å². The van der Waals surface area contributed by atoms with Gasteiger partial charge in [-0.15, -0.1) is 0 Å². The SMILES string of the molecule is CCc1cc(Oc2ccc(C(F)(F)F)c(C#N)c2)ccc1CC1OC(=O)NC1=O. The fraction of sp³-hybridized carbons (Fsp3) is 0.250. The van der Waals surface area contributed by atoms with E-state index in [-0.39, 0.29) is 12.2 Å². The summed E-state index contributed by atoms with van der Waals surface area (Å²) in [6.07, 6.45) is -5.54. The minimum absolute atomic E-state index is 0.0912. The molecule has 29 heavy (non-hydrogen) atoms. The average molecular weight is 404 g/mol. The molecule has 0 saturated carbocycles. The van der Waals surface area contributed by atoms with Crippen molar-refractivity contribution in [3.05, 3.63) is 58.7 Å². The number of carbonyl (C=O) groups is 2. The lowest BCUT2D eigenvalue weighted by Gasteiger charge is -2.14. The Bertz CT molecular complexity index is 1010. The van der Waals surface area contributed by atoms with Crippen LogP contribution in [0.4, 0.5) is 18.0 Å². The number of hydrogen-bond acceptors (Lipinski definition) is 5. The molecule has 1 unspecified atom stereocenters. The number of ether oxygens (including phenoxy) is 2. The van der Waals surface area contributed by atoms with Crippen LogP contribution in [0.1, 0.15) is 29.2 Å². The first-order chi connectivity index (χ1) is 13.7. The Labute approximate surface area is 163 Å². The van der Waals surface area contributed by atoms with Gasteiger partial charge in [-0.3, -0.25) is 10.1 Å². The molecule has 150 valence electrons. The molecule has 2 aromatic carbocycles. The van der Waals surface area contributed by atoms with Crippen LogP contribution in [-0.4, -0.2) is 18.1 Å². The fourth-order valence-electron chi connectivity index (χ4n) is 2.98. The maximum Gasteiger partial charge on any atom is 0.417 e. The van der Waals surface area contributed by atoms with Crippen LogP contribution in [0.25, 0.3) is 0 Å². The number of alkyl halides is 3. The van der Waals surface area contributed by atoms with Gasteiger partial charge in [0.05, 0.1) is 17.2 Å². The number of carbonyl (C=O) groups excluding carboxylic acids is 2. The monoisotopic (exact) mass is 404 g/mol. The van der Waals surface area contributed by atoms with Crippen molar-refractivity contribution in [3.8, 4) is 17.6 Å². The molecule has 1 atom stereocenters. The lowest BCUT2D eigenvalue weighted by atomic mass is 9.99.